The van der Waals surface area contributed by atoms with E-state index in [9.17, 15) is 4.79 Å². The van der Waals surface area contributed by atoms with Gasteiger partial charge in [-0.15, -0.1) is 23.7 Å². The average Bonchev–Trinajstić information content (AvgIpc) is 3.17. The van der Waals surface area contributed by atoms with Crippen LogP contribution in [0.3, 0.4) is 0 Å². The molecule has 1 amide bonds. The summed E-state index contributed by atoms with van der Waals surface area (Å²) in [6, 6.07) is 4.00. The molecule has 2 N–H and O–H groups in total. The van der Waals surface area contributed by atoms with Gasteiger partial charge in [-0.3, -0.25) is 4.79 Å². The Morgan fingerprint density at radius 3 is 3.18 bits per heavy atom. The number of hydrogen-bond acceptors (Lipinski definition) is 6. The summed E-state index contributed by atoms with van der Waals surface area (Å²) in [6.45, 7) is 2.47. The minimum Gasteiger partial charge on any atom is -0.443 e. The minimum absolute atomic E-state index is 0. The molecule has 1 atom stereocenters. The number of morpholine rings is 1. The van der Waals surface area contributed by atoms with Gasteiger partial charge < -0.3 is 19.8 Å². The van der Waals surface area contributed by atoms with Gasteiger partial charge in [0.2, 0.25) is 11.8 Å². The minimum atomic E-state index is -0.0151. The van der Waals surface area contributed by atoms with Crippen LogP contribution in [0, 0.1) is 0 Å². The molecule has 1 fully saturated rings. The lowest BCUT2D eigenvalue weighted by atomic mass is 10.2. The molecular formula is C14H18ClN3O3S. The van der Waals surface area contributed by atoms with Crippen LogP contribution in [0.25, 0.3) is 10.8 Å². The van der Waals surface area contributed by atoms with E-state index < -0.39 is 0 Å². The summed E-state index contributed by atoms with van der Waals surface area (Å²) in [4.78, 5) is 17.2. The maximum Gasteiger partial charge on any atom is 0.236 e. The molecule has 22 heavy (non-hydrogen) atoms. The Balaban J connectivity index is 0.00000176. The van der Waals surface area contributed by atoms with E-state index in [2.05, 4.69) is 15.6 Å². The van der Waals surface area contributed by atoms with E-state index in [1.165, 1.54) is 0 Å². The Bertz CT molecular complexity index is 582. The van der Waals surface area contributed by atoms with E-state index in [-0.39, 0.29) is 24.4 Å². The third kappa shape index (κ3) is 4.54. The van der Waals surface area contributed by atoms with Crippen molar-refractivity contribution >= 4 is 29.7 Å². The summed E-state index contributed by atoms with van der Waals surface area (Å²) in [7, 11) is 0. The van der Waals surface area contributed by atoms with Crippen molar-refractivity contribution in [1.82, 2.24) is 15.6 Å². The van der Waals surface area contributed by atoms with Gasteiger partial charge in [0.15, 0.2) is 0 Å². The van der Waals surface area contributed by atoms with E-state index in [0.29, 0.717) is 32.1 Å². The summed E-state index contributed by atoms with van der Waals surface area (Å²) in [5.41, 5.74) is 0.722. The molecule has 120 valence electrons. The Morgan fingerprint density at radius 2 is 2.45 bits per heavy atom. The lowest BCUT2D eigenvalue weighted by Gasteiger charge is -2.23. The van der Waals surface area contributed by atoms with Crippen LogP contribution in [0.15, 0.2) is 28.2 Å². The van der Waals surface area contributed by atoms with E-state index in [1.54, 1.807) is 17.6 Å². The Labute approximate surface area is 138 Å². The molecule has 3 heterocycles. The standard InChI is InChI=1S/C14H17N3O3S.ClH/c18-13(6-10-8-19-4-3-15-10)16-7-11-9-20-14(17-11)12-2-1-5-21-12;/h1-2,5,9-10,15H,3-4,6-8H2,(H,16,18);1H. The Hall–Kier alpha value is -1.41. The van der Waals surface area contributed by atoms with Gasteiger partial charge in [0, 0.05) is 19.0 Å². The number of rotatable bonds is 5. The number of carbonyl (C=O) groups excluding carboxylic acids is 1. The van der Waals surface area contributed by atoms with Crippen molar-refractivity contribution in [3.8, 4) is 10.8 Å². The number of oxazole rings is 1. The molecule has 0 radical (unpaired) electrons. The van der Waals surface area contributed by atoms with Crippen LogP contribution in [-0.2, 0) is 16.1 Å². The SMILES string of the molecule is Cl.O=C(CC1COCCN1)NCc1coc(-c2cccs2)n1. The van der Waals surface area contributed by atoms with Crippen LogP contribution in [0.1, 0.15) is 12.1 Å². The van der Waals surface area contributed by atoms with Crippen LogP contribution >= 0.6 is 23.7 Å². The average molecular weight is 344 g/mol. The summed E-state index contributed by atoms with van der Waals surface area (Å²) >= 11 is 1.57. The number of carbonyl (C=O) groups is 1. The molecule has 3 rings (SSSR count). The number of aromatic nitrogens is 1. The summed E-state index contributed by atoms with van der Waals surface area (Å²) in [5.74, 6) is 0.579. The van der Waals surface area contributed by atoms with Crippen LogP contribution in [0.5, 0.6) is 0 Å². The van der Waals surface area contributed by atoms with Crippen molar-refractivity contribution < 1.29 is 13.9 Å². The third-order valence-corrected chi connectivity index (χ3v) is 4.04. The summed E-state index contributed by atoms with van der Waals surface area (Å²) in [6.07, 6.45) is 1.99. The second kappa shape index (κ2) is 8.28. The van der Waals surface area contributed by atoms with E-state index in [4.69, 9.17) is 9.15 Å². The first-order chi connectivity index (χ1) is 10.3. The van der Waals surface area contributed by atoms with Crippen molar-refractivity contribution in [3.05, 3.63) is 29.5 Å². The van der Waals surface area contributed by atoms with Gasteiger partial charge in [-0.05, 0) is 11.4 Å². The van der Waals surface area contributed by atoms with Crippen molar-refractivity contribution in [3.63, 3.8) is 0 Å². The number of halogens is 1. The first-order valence-electron chi connectivity index (χ1n) is 6.87. The number of nitrogens with one attached hydrogen (secondary N) is 2. The molecule has 1 aliphatic rings. The predicted octanol–water partition coefficient (Wildman–Crippen LogP) is 1.82. The zero-order chi connectivity index (χ0) is 14.5. The summed E-state index contributed by atoms with van der Waals surface area (Å²) in [5, 5.41) is 8.08. The van der Waals surface area contributed by atoms with E-state index in [0.717, 1.165) is 17.1 Å². The molecule has 0 bridgehead atoms. The molecule has 0 aliphatic carbocycles. The van der Waals surface area contributed by atoms with Gasteiger partial charge in [-0.25, -0.2) is 4.98 Å². The molecular weight excluding hydrogens is 326 g/mol. The van der Waals surface area contributed by atoms with Gasteiger partial charge in [0.1, 0.15) is 6.26 Å². The first kappa shape index (κ1) is 17.0. The van der Waals surface area contributed by atoms with Gasteiger partial charge in [-0.2, -0.15) is 0 Å². The fourth-order valence-corrected chi connectivity index (χ4v) is 2.79. The van der Waals surface area contributed by atoms with Gasteiger partial charge >= 0.3 is 0 Å². The van der Waals surface area contributed by atoms with Crippen molar-refractivity contribution in [2.75, 3.05) is 19.8 Å². The molecule has 1 unspecified atom stereocenters. The lowest BCUT2D eigenvalue weighted by Crippen LogP contribution is -2.44. The fraction of sp³-hybridized carbons (Fsp3) is 0.429. The second-order valence-corrected chi connectivity index (χ2v) is 5.78. The quantitative estimate of drug-likeness (QED) is 0.866. The molecule has 0 saturated carbocycles. The second-order valence-electron chi connectivity index (χ2n) is 4.83. The molecule has 1 saturated heterocycles. The van der Waals surface area contributed by atoms with Crippen molar-refractivity contribution in [2.45, 2.75) is 19.0 Å². The monoisotopic (exact) mass is 343 g/mol. The topological polar surface area (TPSA) is 76.4 Å². The molecule has 0 aromatic carbocycles. The van der Waals surface area contributed by atoms with Crippen LogP contribution in [-0.4, -0.2) is 36.7 Å². The van der Waals surface area contributed by atoms with Crippen LogP contribution in [0.4, 0.5) is 0 Å². The van der Waals surface area contributed by atoms with Gasteiger partial charge in [-0.1, -0.05) is 6.07 Å². The molecule has 8 heteroatoms. The smallest absolute Gasteiger partial charge is 0.236 e. The Kier molecular flexibility index (Phi) is 6.38. The number of amides is 1. The molecule has 2 aromatic rings. The first-order valence-corrected chi connectivity index (χ1v) is 7.75. The fourth-order valence-electron chi connectivity index (χ4n) is 2.14. The van der Waals surface area contributed by atoms with Crippen LogP contribution in [0.2, 0.25) is 0 Å². The molecule has 0 spiro atoms. The van der Waals surface area contributed by atoms with Gasteiger partial charge in [0.05, 0.1) is 30.3 Å². The van der Waals surface area contributed by atoms with Crippen molar-refractivity contribution in [1.29, 1.82) is 0 Å². The molecule has 6 nitrogen and oxygen atoms in total. The largest absolute Gasteiger partial charge is 0.443 e. The third-order valence-electron chi connectivity index (χ3n) is 3.18. The number of hydrogen-bond donors (Lipinski definition) is 2. The zero-order valence-electron chi connectivity index (χ0n) is 11.9. The number of nitrogens with zero attached hydrogens (tertiary/aromatic N) is 1. The Morgan fingerprint density at radius 1 is 1.55 bits per heavy atom. The highest BCUT2D eigenvalue weighted by molar-refractivity contribution is 7.13. The summed E-state index contributed by atoms with van der Waals surface area (Å²) < 4.78 is 10.7. The maximum absolute atomic E-state index is 11.9. The van der Waals surface area contributed by atoms with E-state index in [1.807, 2.05) is 17.5 Å². The number of ether oxygens (including phenoxy) is 1. The van der Waals surface area contributed by atoms with E-state index >= 15 is 0 Å². The molecule has 1 aliphatic heterocycles. The maximum atomic E-state index is 11.9. The van der Waals surface area contributed by atoms with Crippen LogP contribution < -0.4 is 10.6 Å². The molecule has 2 aromatic heterocycles. The van der Waals surface area contributed by atoms with Gasteiger partial charge in [0.25, 0.3) is 0 Å². The highest BCUT2D eigenvalue weighted by Crippen LogP contribution is 2.23. The number of thiophene rings is 1. The zero-order valence-corrected chi connectivity index (χ0v) is 13.5. The highest BCUT2D eigenvalue weighted by Gasteiger charge is 2.17. The normalized spacial score (nSPS) is 17.7. The highest BCUT2D eigenvalue weighted by atomic mass is 35.5. The predicted molar refractivity (Wildman–Crippen MR) is 86.1 cm³/mol. The van der Waals surface area contributed by atoms with Crippen molar-refractivity contribution in [2.24, 2.45) is 0 Å². The lowest BCUT2D eigenvalue weighted by molar-refractivity contribution is -0.122.